The Bertz CT molecular complexity index is 1130. The SMILES string of the molecule is Cc1ccc(S(=O)(=O)NC(CC(C)C)C(=O)NC(C)c2ccc(-n3cncn3)cc2)cc1. The molecule has 0 radical (unpaired) electrons. The zero-order valence-corrected chi connectivity index (χ0v) is 19.5. The summed E-state index contributed by atoms with van der Waals surface area (Å²) in [5.41, 5.74) is 2.71. The van der Waals surface area contributed by atoms with Crippen LogP contribution in [0.3, 0.4) is 0 Å². The number of hydrogen-bond donors (Lipinski definition) is 2. The number of carbonyl (C=O) groups excluding carboxylic acids is 1. The van der Waals surface area contributed by atoms with Crippen LogP contribution >= 0.6 is 0 Å². The molecule has 3 aromatic rings. The fourth-order valence-corrected chi connectivity index (χ4v) is 4.52. The van der Waals surface area contributed by atoms with Crippen molar-refractivity contribution in [3.63, 3.8) is 0 Å². The fraction of sp³-hybridized carbons (Fsp3) is 0.348. The average molecular weight is 456 g/mol. The van der Waals surface area contributed by atoms with E-state index in [1.165, 1.54) is 6.33 Å². The highest BCUT2D eigenvalue weighted by molar-refractivity contribution is 7.89. The molecule has 9 heteroatoms. The van der Waals surface area contributed by atoms with E-state index in [1.807, 2.05) is 52.0 Å². The van der Waals surface area contributed by atoms with Crippen LogP contribution in [0.1, 0.15) is 44.4 Å². The van der Waals surface area contributed by atoms with Gasteiger partial charge in [0.2, 0.25) is 15.9 Å². The zero-order chi connectivity index (χ0) is 23.3. The Balaban J connectivity index is 1.71. The highest BCUT2D eigenvalue weighted by atomic mass is 32.2. The predicted octanol–water partition coefficient (Wildman–Crippen LogP) is 3.15. The van der Waals surface area contributed by atoms with E-state index in [0.29, 0.717) is 6.42 Å². The molecular weight excluding hydrogens is 426 g/mol. The summed E-state index contributed by atoms with van der Waals surface area (Å²) in [6.45, 7) is 7.65. The summed E-state index contributed by atoms with van der Waals surface area (Å²) >= 11 is 0. The van der Waals surface area contributed by atoms with Gasteiger partial charge in [0, 0.05) is 0 Å². The van der Waals surface area contributed by atoms with Gasteiger partial charge in [0.15, 0.2) is 0 Å². The number of nitrogens with one attached hydrogen (secondary N) is 2. The topological polar surface area (TPSA) is 106 Å². The zero-order valence-electron chi connectivity index (χ0n) is 18.7. The summed E-state index contributed by atoms with van der Waals surface area (Å²) in [4.78, 5) is 17.1. The molecule has 0 saturated heterocycles. The van der Waals surface area contributed by atoms with Gasteiger partial charge < -0.3 is 5.32 Å². The molecule has 2 unspecified atom stereocenters. The van der Waals surface area contributed by atoms with Gasteiger partial charge in [-0.3, -0.25) is 4.79 Å². The molecule has 2 aromatic carbocycles. The lowest BCUT2D eigenvalue weighted by atomic mass is 10.0. The highest BCUT2D eigenvalue weighted by Crippen LogP contribution is 2.17. The number of hydrogen-bond acceptors (Lipinski definition) is 5. The lowest BCUT2D eigenvalue weighted by Crippen LogP contribution is -2.47. The molecule has 3 rings (SSSR count). The molecule has 0 fully saturated rings. The third-order valence-corrected chi connectivity index (χ3v) is 6.58. The monoisotopic (exact) mass is 455 g/mol. The van der Waals surface area contributed by atoms with E-state index in [0.717, 1.165) is 16.8 Å². The van der Waals surface area contributed by atoms with Gasteiger partial charge in [-0.25, -0.2) is 18.1 Å². The minimum atomic E-state index is -3.82. The van der Waals surface area contributed by atoms with Crippen molar-refractivity contribution < 1.29 is 13.2 Å². The average Bonchev–Trinajstić information content (AvgIpc) is 3.28. The molecule has 0 saturated carbocycles. The maximum atomic E-state index is 13.0. The van der Waals surface area contributed by atoms with Crippen LogP contribution in [-0.2, 0) is 14.8 Å². The van der Waals surface area contributed by atoms with Crippen molar-refractivity contribution in [2.24, 2.45) is 5.92 Å². The second-order valence-corrected chi connectivity index (χ2v) is 9.99. The van der Waals surface area contributed by atoms with Gasteiger partial charge >= 0.3 is 0 Å². The number of amides is 1. The molecule has 1 amide bonds. The lowest BCUT2D eigenvalue weighted by Gasteiger charge is -2.23. The smallest absolute Gasteiger partial charge is 0.241 e. The number of carbonyl (C=O) groups is 1. The van der Waals surface area contributed by atoms with E-state index in [4.69, 9.17) is 0 Å². The normalized spacial score (nSPS) is 13.7. The van der Waals surface area contributed by atoms with Gasteiger partial charge in [0.05, 0.1) is 16.6 Å². The Hall–Kier alpha value is -3.04. The Morgan fingerprint density at radius 1 is 1.03 bits per heavy atom. The van der Waals surface area contributed by atoms with Crippen LogP contribution in [0.25, 0.3) is 5.69 Å². The van der Waals surface area contributed by atoms with Crippen LogP contribution < -0.4 is 10.0 Å². The minimum Gasteiger partial charge on any atom is -0.348 e. The van der Waals surface area contributed by atoms with Crippen molar-refractivity contribution in [1.82, 2.24) is 24.8 Å². The van der Waals surface area contributed by atoms with Gasteiger partial charge in [-0.15, -0.1) is 0 Å². The van der Waals surface area contributed by atoms with Crippen molar-refractivity contribution in [3.05, 3.63) is 72.3 Å². The molecule has 8 nitrogen and oxygen atoms in total. The van der Waals surface area contributed by atoms with E-state index in [1.54, 1.807) is 35.3 Å². The second-order valence-electron chi connectivity index (χ2n) is 8.28. The largest absolute Gasteiger partial charge is 0.348 e. The summed E-state index contributed by atoms with van der Waals surface area (Å²) < 4.78 is 29.9. The summed E-state index contributed by atoms with van der Waals surface area (Å²) in [5, 5.41) is 7.03. The number of aryl methyl sites for hydroxylation is 1. The molecule has 2 atom stereocenters. The van der Waals surface area contributed by atoms with Crippen molar-refractivity contribution in [3.8, 4) is 5.69 Å². The molecule has 2 N–H and O–H groups in total. The van der Waals surface area contributed by atoms with E-state index < -0.39 is 16.1 Å². The quantitative estimate of drug-likeness (QED) is 0.516. The molecule has 0 aliphatic rings. The van der Waals surface area contributed by atoms with Gasteiger partial charge in [0.25, 0.3) is 0 Å². The van der Waals surface area contributed by atoms with E-state index in [-0.39, 0.29) is 22.8 Å². The summed E-state index contributed by atoms with van der Waals surface area (Å²) in [5.74, 6) is -0.231. The number of benzene rings is 2. The number of nitrogens with zero attached hydrogens (tertiary/aromatic N) is 3. The molecule has 32 heavy (non-hydrogen) atoms. The van der Waals surface area contributed by atoms with Gasteiger partial charge in [0.1, 0.15) is 18.7 Å². The van der Waals surface area contributed by atoms with Crippen molar-refractivity contribution in [2.75, 3.05) is 0 Å². The van der Waals surface area contributed by atoms with Crippen LogP contribution in [-0.4, -0.2) is 35.1 Å². The molecule has 0 bridgehead atoms. The van der Waals surface area contributed by atoms with Crippen molar-refractivity contribution in [1.29, 1.82) is 0 Å². The minimum absolute atomic E-state index is 0.128. The predicted molar refractivity (Wildman–Crippen MR) is 123 cm³/mol. The third kappa shape index (κ3) is 6.02. The standard InChI is InChI=1S/C23H29N5O3S/c1-16(2)13-22(27-32(30,31)21-11-5-17(3)6-12-21)23(29)26-18(4)19-7-9-20(10-8-19)28-15-24-14-25-28/h5-12,14-16,18,22,27H,13H2,1-4H3,(H,26,29). The van der Waals surface area contributed by atoms with Crippen LogP contribution in [0, 0.1) is 12.8 Å². The Morgan fingerprint density at radius 2 is 1.69 bits per heavy atom. The summed E-state index contributed by atoms with van der Waals surface area (Å²) in [7, 11) is -3.82. The summed E-state index contributed by atoms with van der Waals surface area (Å²) in [6.07, 6.45) is 3.45. The number of sulfonamides is 1. The molecule has 0 spiro atoms. The highest BCUT2D eigenvalue weighted by Gasteiger charge is 2.27. The first-order valence-corrected chi connectivity index (χ1v) is 12.0. The van der Waals surface area contributed by atoms with Crippen LogP contribution in [0.4, 0.5) is 0 Å². The third-order valence-electron chi connectivity index (χ3n) is 5.09. The van der Waals surface area contributed by atoms with E-state index in [9.17, 15) is 13.2 Å². The Kier molecular flexibility index (Phi) is 7.42. The van der Waals surface area contributed by atoms with Crippen molar-refractivity contribution in [2.45, 2.75) is 51.1 Å². The second kappa shape index (κ2) is 10.1. The molecule has 0 aliphatic carbocycles. The first kappa shape index (κ1) is 23.6. The van der Waals surface area contributed by atoms with E-state index in [2.05, 4.69) is 20.1 Å². The summed E-state index contributed by atoms with van der Waals surface area (Å²) in [6, 6.07) is 12.9. The molecule has 0 aliphatic heterocycles. The van der Waals surface area contributed by atoms with Gasteiger partial charge in [-0.1, -0.05) is 43.7 Å². The molecule has 170 valence electrons. The van der Waals surface area contributed by atoms with E-state index >= 15 is 0 Å². The van der Waals surface area contributed by atoms with Gasteiger partial charge in [-0.2, -0.15) is 9.82 Å². The molecule has 1 heterocycles. The van der Waals surface area contributed by atoms with Crippen LogP contribution in [0.15, 0.2) is 66.1 Å². The van der Waals surface area contributed by atoms with Crippen LogP contribution in [0.5, 0.6) is 0 Å². The first-order valence-electron chi connectivity index (χ1n) is 10.5. The Labute approximate surface area is 189 Å². The first-order chi connectivity index (χ1) is 15.2. The molecule has 1 aromatic heterocycles. The maximum Gasteiger partial charge on any atom is 0.241 e. The molecular formula is C23H29N5O3S. The van der Waals surface area contributed by atoms with Crippen LogP contribution in [0.2, 0.25) is 0 Å². The number of rotatable bonds is 9. The van der Waals surface area contributed by atoms with Crippen molar-refractivity contribution >= 4 is 15.9 Å². The van der Waals surface area contributed by atoms with Gasteiger partial charge in [-0.05, 0) is 56.0 Å². The number of aromatic nitrogens is 3. The lowest BCUT2D eigenvalue weighted by molar-refractivity contribution is -0.123. The fourth-order valence-electron chi connectivity index (χ4n) is 3.31. The maximum absolute atomic E-state index is 13.0. The Morgan fingerprint density at radius 3 is 2.25 bits per heavy atom.